The van der Waals surface area contributed by atoms with Crippen LogP contribution >= 0.6 is 35.1 Å². The lowest BCUT2D eigenvalue weighted by molar-refractivity contribution is 0.623. The van der Waals surface area contributed by atoms with E-state index in [-0.39, 0.29) is 0 Å². The van der Waals surface area contributed by atoms with Gasteiger partial charge in [0.2, 0.25) is 0 Å². The van der Waals surface area contributed by atoms with Crippen molar-refractivity contribution in [2.75, 3.05) is 23.8 Å². The Labute approximate surface area is 122 Å². The van der Waals surface area contributed by atoms with Crippen LogP contribution in [-0.2, 0) is 20.0 Å². The molecule has 1 aliphatic rings. The Hall–Kier alpha value is 0.160. The maximum atomic E-state index is 6.32. The Balaban J connectivity index is 1.84. The first-order valence-corrected chi connectivity index (χ1v) is 8.90. The Morgan fingerprint density at radius 2 is 2.33 bits per heavy atom. The predicted molar refractivity (Wildman–Crippen MR) is 82.9 cm³/mol. The van der Waals surface area contributed by atoms with Gasteiger partial charge in [-0.2, -0.15) is 28.6 Å². The molecule has 1 unspecified atom stereocenters. The van der Waals surface area contributed by atoms with Gasteiger partial charge in [0, 0.05) is 42.6 Å². The van der Waals surface area contributed by atoms with E-state index in [1.54, 1.807) is 0 Å². The van der Waals surface area contributed by atoms with E-state index in [2.05, 4.69) is 40.9 Å². The van der Waals surface area contributed by atoms with Gasteiger partial charge in [-0.1, -0.05) is 18.5 Å². The Kier molecular flexibility index (Phi) is 5.73. The zero-order valence-corrected chi connectivity index (χ0v) is 13.3. The molecular weight excluding hydrogens is 286 g/mol. The second kappa shape index (κ2) is 7.08. The predicted octanol–water partition coefficient (Wildman–Crippen LogP) is 2.57. The van der Waals surface area contributed by atoms with Gasteiger partial charge in [-0.3, -0.25) is 4.68 Å². The molecule has 18 heavy (non-hydrogen) atoms. The van der Waals surface area contributed by atoms with Gasteiger partial charge >= 0.3 is 0 Å². The number of nitrogens with one attached hydrogen (secondary N) is 1. The summed E-state index contributed by atoms with van der Waals surface area (Å²) in [7, 11) is 1.97. The van der Waals surface area contributed by atoms with Crippen LogP contribution in [-0.4, -0.2) is 38.8 Å². The van der Waals surface area contributed by atoms with Crippen molar-refractivity contribution in [3.05, 3.63) is 16.4 Å². The minimum atomic E-state index is 0.737. The van der Waals surface area contributed by atoms with Crippen LogP contribution in [0.4, 0.5) is 0 Å². The summed E-state index contributed by atoms with van der Waals surface area (Å²) in [5.74, 6) is 3.84. The van der Waals surface area contributed by atoms with E-state index in [1.807, 2.05) is 11.7 Å². The van der Waals surface area contributed by atoms with Gasteiger partial charge in [0.05, 0.1) is 16.4 Å². The topological polar surface area (TPSA) is 29.9 Å². The van der Waals surface area contributed by atoms with Gasteiger partial charge in [0.1, 0.15) is 0 Å². The molecule has 2 rings (SSSR count). The van der Waals surface area contributed by atoms with Crippen LogP contribution in [0.15, 0.2) is 0 Å². The molecule has 3 nitrogen and oxygen atoms in total. The van der Waals surface area contributed by atoms with Crippen molar-refractivity contribution in [1.82, 2.24) is 15.1 Å². The minimum Gasteiger partial charge on any atom is -0.310 e. The summed E-state index contributed by atoms with van der Waals surface area (Å²) in [4.78, 5) is 0. The van der Waals surface area contributed by atoms with E-state index in [0.717, 1.165) is 41.2 Å². The molecule has 1 aliphatic heterocycles. The second-order valence-corrected chi connectivity index (χ2v) is 7.32. The number of halogens is 1. The van der Waals surface area contributed by atoms with Crippen molar-refractivity contribution < 1.29 is 0 Å². The fourth-order valence-corrected chi connectivity index (χ4v) is 5.02. The van der Waals surface area contributed by atoms with Crippen molar-refractivity contribution in [2.24, 2.45) is 7.05 Å². The number of nitrogens with zero attached hydrogens (tertiary/aromatic N) is 2. The third kappa shape index (κ3) is 3.59. The highest BCUT2D eigenvalue weighted by molar-refractivity contribution is 8.06. The van der Waals surface area contributed by atoms with Gasteiger partial charge in [0.25, 0.3) is 0 Å². The molecule has 1 fully saturated rings. The smallest absolute Gasteiger partial charge is 0.0863 e. The average molecular weight is 306 g/mol. The van der Waals surface area contributed by atoms with Gasteiger partial charge in [-0.25, -0.2) is 0 Å². The molecule has 0 spiro atoms. The van der Waals surface area contributed by atoms with Crippen molar-refractivity contribution in [3.63, 3.8) is 0 Å². The summed E-state index contributed by atoms with van der Waals surface area (Å²) in [6, 6.07) is 0. The molecule has 0 bridgehead atoms. The van der Waals surface area contributed by atoms with Crippen molar-refractivity contribution in [1.29, 1.82) is 0 Å². The largest absolute Gasteiger partial charge is 0.310 e. The summed E-state index contributed by atoms with van der Waals surface area (Å²) < 4.78 is 1.90. The highest BCUT2D eigenvalue weighted by Gasteiger charge is 2.16. The summed E-state index contributed by atoms with van der Waals surface area (Å²) in [6.45, 7) is 3.95. The third-order valence-electron chi connectivity index (χ3n) is 3.05. The number of thioether (sulfide) groups is 2. The Morgan fingerprint density at radius 1 is 1.50 bits per heavy atom. The van der Waals surface area contributed by atoms with E-state index in [9.17, 15) is 0 Å². The van der Waals surface area contributed by atoms with Crippen LogP contribution in [0.25, 0.3) is 0 Å². The van der Waals surface area contributed by atoms with E-state index in [0.29, 0.717) is 0 Å². The van der Waals surface area contributed by atoms with Crippen LogP contribution in [0.1, 0.15) is 18.3 Å². The molecule has 0 radical (unpaired) electrons. The van der Waals surface area contributed by atoms with E-state index >= 15 is 0 Å². The van der Waals surface area contributed by atoms with Gasteiger partial charge in [-0.05, 0) is 6.42 Å². The van der Waals surface area contributed by atoms with Gasteiger partial charge in [0.15, 0.2) is 0 Å². The summed E-state index contributed by atoms with van der Waals surface area (Å²) in [5, 5.41) is 9.51. The van der Waals surface area contributed by atoms with E-state index in [1.165, 1.54) is 17.3 Å². The zero-order valence-electron chi connectivity index (χ0n) is 10.9. The maximum Gasteiger partial charge on any atom is 0.0863 e. The molecule has 0 amide bonds. The van der Waals surface area contributed by atoms with E-state index < -0.39 is 0 Å². The first kappa shape index (κ1) is 14.6. The highest BCUT2D eigenvalue weighted by Crippen LogP contribution is 2.24. The Morgan fingerprint density at radius 3 is 2.94 bits per heavy atom. The summed E-state index contributed by atoms with van der Waals surface area (Å²) >= 11 is 10.5. The van der Waals surface area contributed by atoms with Crippen LogP contribution in [0.3, 0.4) is 0 Å². The molecule has 0 aliphatic carbocycles. The van der Waals surface area contributed by atoms with Crippen molar-refractivity contribution >= 4 is 35.1 Å². The molecule has 1 atom stereocenters. The number of hydrogen-bond acceptors (Lipinski definition) is 4. The number of aromatic nitrogens is 2. The van der Waals surface area contributed by atoms with Crippen LogP contribution in [0.5, 0.6) is 0 Å². The molecular formula is C12H20ClN3S2. The number of hydrogen-bond donors (Lipinski definition) is 1. The summed E-state index contributed by atoms with van der Waals surface area (Å²) in [5.41, 5.74) is 2.10. The third-order valence-corrected chi connectivity index (χ3v) is 6.33. The molecule has 102 valence electrons. The van der Waals surface area contributed by atoms with Gasteiger partial charge in [-0.15, -0.1) is 0 Å². The molecule has 0 saturated carbocycles. The van der Waals surface area contributed by atoms with Crippen molar-refractivity contribution in [3.8, 4) is 0 Å². The SMILES string of the molecule is CCc1nn(C)c(CNCC2CSCCS2)c1Cl. The van der Waals surface area contributed by atoms with Gasteiger partial charge < -0.3 is 5.32 Å². The average Bonchev–Trinajstić information content (AvgIpc) is 2.67. The maximum absolute atomic E-state index is 6.32. The molecule has 0 aromatic carbocycles. The van der Waals surface area contributed by atoms with Crippen LogP contribution in [0.2, 0.25) is 5.02 Å². The fraction of sp³-hybridized carbons (Fsp3) is 0.750. The fourth-order valence-electron chi connectivity index (χ4n) is 2.02. The molecule has 1 saturated heterocycles. The molecule has 1 aromatic heterocycles. The lowest BCUT2D eigenvalue weighted by Crippen LogP contribution is -2.29. The first-order valence-electron chi connectivity index (χ1n) is 6.32. The van der Waals surface area contributed by atoms with Crippen LogP contribution < -0.4 is 5.32 Å². The molecule has 6 heteroatoms. The normalized spacial score (nSPS) is 20.3. The standard InChI is InChI=1S/C12H20ClN3S2/c1-3-10-12(13)11(16(2)15-10)7-14-6-9-8-17-4-5-18-9/h9,14H,3-8H2,1-2H3. The highest BCUT2D eigenvalue weighted by atomic mass is 35.5. The number of aryl methyl sites for hydroxylation is 2. The van der Waals surface area contributed by atoms with Crippen molar-refractivity contribution in [2.45, 2.75) is 25.1 Å². The lowest BCUT2D eigenvalue weighted by atomic mass is 10.3. The molecule has 1 aromatic rings. The first-order chi connectivity index (χ1) is 8.72. The van der Waals surface area contributed by atoms with E-state index in [4.69, 9.17) is 11.6 Å². The monoisotopic (exact) mass is 305 g/mol. The summed E-state index contributed by atoms with van der Waals surface area (Å²) in [6.07, 6.45) is 0.891. The van der Waals surface area contributed by atoms with Crippen LogP contribution in [0, 0.1) is 0 Å². The molecule has 2 heterocycles. The zero-order chi connectivity index (χ0) is 13.0. The molecule has 1 N–H and O–H groups in total. The minimum absolute atomic E-state index is 0.737. The second-order valence-electron chi connectivity index (χ2n) is 4.38. The lowest BCUT2D eigenvalue weighted by Gasteiger charge is -2.21. The Bertz CT molecular complexity index is 389. The quantitative estimate of drug-likeness (QED) is 0.905. The number of rotatable bonds is 5.